The number of aromatic nitrogens is 2. The summed E-state index contributed by atoms with van der Waals surface area (Å²) in [5.41, 5.74) is 1.44. The van der Waals surface area contributed by atoms with Crippen molar-refractivity contribution in [3.8, 4) is 17.4 Å². The zero-order valence-corrected chi connectivity index (χ0v) is 18.2. The molecule has 1 atom stereocenters. The van der Waals surface area contributed by atoms with Crippen LogP contribution in [0.2, 0.25) is 0 Å². The maximum atomic E-state index is 11.9. The van der Waals surface area contributed by atoms with Crippen LogP contribution in [0.25, 0.3) is 11.0 Å². The van der Waals surface area contributed by atoms with Gasteiger partial charge in [0.1, 0.15) is 11.5 Å². The largest absolute Gasteiger partial charge is 0.481 e. The second-order valence-electron chi connectivity index (χ2n) is 6.25. The van der Waals surface area contributed by atoms with Crippen LogP contribution in [0, 0.1) is 0 Å². The van der Waals surface area contributed by atoms with Gasteiger partial charge in [-0.3, -0.25) is 9.35 Å². The van der Waals surface area contributed by atoms with E-state index in [-0.39, 0.29) is 6.54 Å². The normalized spacial score (nSPS) is 12.4. The van der Waals surface area contributed by atoms with Crippen molar-refractivity contribution in [3.05, 3.63) is 53.1 Å². The first kappa shape index (κ1) is 21.9. The van der Waals surface area contributed by atoms with E-state index in [0.29, 0.717) is 22.9 Å². The van der Waals surface area contributed by atoms with E-state index in [1.807, 2.05) is 18.2 Å². The topological polar surface area (TPSA) is 128 Å². The Morgan fingerprint density at radius 3 is 2.57 bits per heavy atom. The molecule has 1 amide bonds. The molecule has 2 N–H and O–H groups in total. The van der Waals surface area contributed by atoms with E-state index in [2.05, 4.69) is 31.2 Å². The van der Waals surface area contributed by atoms with E-state index in [0.717, 1.165) is 9.99 Å². The van der Waals surface area contributed by atoms with E-state index in [4.69, 9.17) is 14.0 Å². The summed E-state index contributed by atoms with van der Waals surface area (Å²) in [6, 6.07) is 12.1. The molecule has 0 saturated carbocycles. The molecule has 3 rings (SSSR count). The van der Waals surface area contributed by atoms with Crippen LogP contribution < -0.4 is 14.8 Å². The minimum absolute atomic E-state index is 0.207. The van der Waals surface area contributed by atoms with Gasteiger partial charge < -0.3 is 14.8 Å². The molecular formula is C19H18BrN3O6S. The van der Waals surface area contributed by atoms with Gasteiger partial charge in [-0.25, -0.2) is 9.97 Å². The van der Waals surface area contributed by atoms with Crippen LogP contribution in [0.4, 0.5) is 0 Å². The summed E-state index contributed by atoms with van der Waals surface area (Å²) in [6.07, 6.45) is 0.669. The lowest BCUT2D eigenvalue weighted by atomic mass is 10.3. The molecule has 1 heterocycles. The number of ether oxygens (including phenoxy) is 2. The molecular weight excluding hydrogens is 478 g/mol. The van der Waals surface area contributed by atoms with Gasteiger partial charge in [0, 0.05) is 11.0 Å². The number of hydrogen-bond donors (Lipinski definition) is 2. The fourth-order valence-electron chi connectivity index (χ4n) is 2.43. The number of carbonyl (C=O) groups excluding carboxylic acids is 1. The molecule has 0 bridgehead atoms. The highest BCUT2D eigenvalue weighted by molar-refractivity contribution is 9.10. The number of fused-ring (bicyclic) bond motifs is 1. The van der Waals surface area contributed by atoms with Crippen molar-refractivity contribution in [1.29, 1.82) is 0 Å². The second-order valence-corrected chi connectivity index (χ2v) is 8.74. The lowest BCUT2D eigenvalue weighted by Gasteiger charge is -2.14. The molecule has 0 aliphatic heterocycles. The Labute approximate surface area is 181 Å². The van der Waals surface area contributed by atoms with Crippen molar-refractivity contribution in [2.45, 2.75) is 13.0 Å². The first-order valence-electron chi connectivity index (χ1n) is 8.79. The van der Waals surface area contributed by atoms with Gasteiger partial charge in [0.05, 0.1) is 23.0 Å². The van der Waals surface area contributed by atoms with Crippen LogP contribution in [0.1, 0.15) is 6.92 Å². The average Bonchev–Trinajstić information content (AvgIpc) is 2.68. The van der Waals surface area contributed by atoms with Gasteiger partial charge in [-0.15, -0.1) is 0 Å². The Hall–Kier alpha value is -2.76. The number of nitrogens with zero attached hydrogens (tertiary/aromatic N) is 2. The predicted octanol–water partition coefficient (Wildman–Crippen LogP) is 2.96. The average molecular weight is 496 g/mol. The molecule has 0 aliphatic carbocycles. The minimum Gasteiger partial charge on any atom is -0.481 e. The van der Waals surface area contributed by atoms with Crippen LogP contribution >= 0.6 is 15.9 Å². The van der Waals surface area contributed by atoms with E-state index in [1.54, 1.807) is 24.3 Å². The van der Waals surface area contributed by atoms with Crippen LogP contribution in [0.3, 0.4) is 0 Å². The summed E-state index contributed by atoms with van der Waals surface area (Å²) in [4.78, 5) is 20.6. The predicted molar refractivity (Wildman–Crippen MR) is 113 cm³/mol. The maximum absolute atomic E-state index is 11.9. The molecule has 0 fully saturated rings. The Kier molecular flexibility index (Phi) is 6.85. The number of rotatable bonds is 8. The zero-order chi connectivity index (χ0) is 21.7. The fraction of sp³-hybridized carbons (Fsp3) is 0.211. The van der Waals surface area contributed by atoms with E-state index < -0.39 is 27.9 Å². The van der Waals surface area contributed by atoms with Crippen molar-refractivity contribution in [2.24, 2.45) is 0 Å². The van der Waals surface area contributed by atoms with Crippen molar-refractivity contribution >= 4 is 43.0 Å². The highest BCUT2D eigenvalue weighted by atomic mass is 79.9. The van der Waals surface area contributed by atoms with Crippen molar-refractivity contribution in [2.75, 3.05) is 12.3 Å². The molecule has 30 heavy (non-hydrogen) atoms. The molecule has 0 spiro atoms. The number of carbonyl (C=O) groups is 1. The maximum Gasteiger partial charge on any atom is 0.266 e. The standard InChI is InChI=1S/C19H18BrN3O6S/c1-12(19(24)21-8-9-30(25,26)27)28-14-3-5-15(6-4-14)29-18-11-22-16-7-2-13(20)10-17(16)23-18/h2-7,10-12H,8-9H2,1H3,(H,21,24)(H,25,26,27). The first-order valence-corrected chi connectivity index (χ1v) is 11.2. The van der Waals surface area contributed by atoms with Gasteiger partial charge >= 0.3 is 0 Å². The lowest BCUT2D eigenvalue weighted by Crippen LogP contribution is -2.38. The molecule has 11 heteroatoms. The highest BCUT2D eigenvalue weighted by Crippen LogP contribution is 2.25. The summed E-state index contributed by atoms with van der Waals surface area (Å²) < 4.78 is 42.1. The molecule has 0 aliphatic rings. The third-order valence-corrected chi connectivity index (χ3v) is 5.08. The molecule has 9 nitrogen and oxygen atoms in total. The third kappa shape index (κ3) is 6.37. The van der Waals surface area contributed by atoms with Gasteiger partial charge in [-0.05, 0) is 49.4 Å². The van der Waals surface area contributed by atoms with Gasteiger partial charge in [0.15, 0.2) is 6.10 Å². The second kappa shape index (κ2) is 9.37. The monoisotopic (exact) mass is 495 g/mol. The summed E-state index contributed by atoms with van der Waals surface area (Å²) >= 11 is 3.40. The van der Waals surface area contributed by atoms with Gasteiger partial charge in [0.25, 0.3) is 16.0 Å². The molecule has 0 radical (unpaired) electrons. The first-order chi connectivity index (χ1) is 14.2. The smallest absolute Gasteiger partial charge is 0.266 e. The summed E-state index contributed by atoms with van der Waals surface area (Å²) in [7, 11) is -4.13. The lowest BCUT2D eigenvalue weighted by molar-refractivity contribution is -0.127. The molecule has 1 unspecified atom stereocenters. The Bertz CT molecular complexity index is 1150. The third-order valence-electron chi connectivity index (χ3n) is 3.87. The van der Waals surface area contributed by atoms with Gasteiger partial charge in [-0.1, -0.05) is 15.9 Å². The molecule has 2 aromatic carbocycles. The molecule has 3 aromatic rings. The van der Waals surface area contributed by atoms with Crippen LogP contribution in [0.15, 0.2) is 53.1 Å². The fourth-order valence-corrected chi connectivity index (χ4v) is 3.14. The molecule has 0 saturated heterocycles. The van der Waals surface area contributed by atoms with E-state index >= 15 is 0 Å². The summed E-state index contributed by atoms with van der Waals surface area (Å²) in [5, 5.41) is 2.38. The van der Waals surface area contributed by atoms with Gasteiger partial charge in [0.2, 0.25) is 5.88 Å². The van der Waals surface area contributed by atoms with Gasteiger partial charge in [-0.2, -0.15) is 8.42 Å². The number of nitrogens with one attached hydrogen (secondary N) is 1. The van der Waals surface area contributed by atoms with Crippen LogP contribution in [-0.2, 0) is 14.9 Å². The molecule has 1 aromatic heterocycles. The van der Waals surface area contributed by atoms with Crippen molar-refractivity contribution in [1.82, 2.24) is 15.3 Å². The van der Waals surface area contributed by atoms with Crippen molar-refractivity contribution < 1.29 is 27.2 Å². The SMILES string of the molecule is CC(Oc1ccc(Oc2cnc3ccc(Br)cc3n2)cc1)C(=O)NCCS(=O)(=O)O. The van der Waals surface area contributed by atoms with E-state index in [1.165, 1.54) is 13.1 Å². The van der Waals surface area contributed by atoms with Crippen LogP contribution in [-0.4, -0.2) is 47.2 Å². The quantitative estimate of drug-likeness (QED) is 0.456. The Morgan fingerprint density at radius 1 is 1.17 bits per heavy atom. The molecule has 158 valence electrons. The Morgan fingerprint density at radius 2 is 1.87 bits per heavy atom. The zero-order valence-electron chi connectivity index (χ0n) is 15.8. The highest BCUT2D eigenvalue weighted by Gasteiger charge is 2.15. The number of benzene rings is 2. The number of amides is 1. The number of hydrogen-bond acceptors (Lipinski definition) is 7. The summed E-state index contributed by atoms with van der Waals surface area (Å²) in [6.45, 7) is 1.32. The minimum atomic E-state index is -4.13. The van der Waals surface area contributed by atoms with E-state index in [9.17, 15) is 13.2 Å². The van der Waals surface area contributed by atoms with Crippen molar-refractivity contribution in [3.63, 3.8) is 0 Å². The number of halogens is 1. The Balaban J connectivity index is 1.57. The van der Waals surface area contributed by atoms with Crippen LogP contribution in [0.5, 0.6) is 17.4 Å². The summed E-state index contributed by atoms with van der Waals surface area (Å²) in [5.74, 6) is 0.202.